The van der Waals surface area contributed by atoms with Crippen LogP contribution >= 0.6 is 0 Å². The van der Waals surface area contributed by atoms with Gasteiger partial charge in [0.15, 0.2) is 0 Å². The third-order valence-electron chi connectivity index (χ3n) is 2.88. The van der Waals surface area contributed by atoms with Gasteiger partial charge in [0, 0.05) is 19.1 Å². The number of nitrogens with one attached hydrogen (secondary N) is 2. The van der Waals surface area contributed by atoms with Crippen LogP contribution in [0.3, 0.4) is 0 Å². The van der Waals surface area contributed by atoms with Crippen LogP contribution in [0.1, 0.15) is 19.4 Å². The highest BCUT2D eigenvalue weighted by atomic mass is 32.2. The van der Waals surface area contributed by atoms with Crippen molar-refractivity contribution in [2.45, 2.75) is 31.3 Å². The first-order valence-electron chi connectivity index (χ1n) is 6.92. The second-order valence-electron chi connectivity index (χ2n) is 5.32. The molecule has 0 bridgehead atoms. The molecule has 1 atom stereocenters. The maximum Gasteiger partial charge on any atom is 0.241 e. The Morgan fingerprint density at radius 3 is 2.57 bits per heavy atom. The fourth-order valence-corrected chi connectivity index (χ4v) is 3.58. The Bertz CT molecular complexity index is 561. The van der Waals surface area contributed by atoms with Crippen molar-refractivity contribution in [1.29, 1.82) is 0 Å². The van der Waals surface area contributed by atoms with Gasteiger partial charge in [-0.1, -0.05) is 13.0 Å². The van der Waals surface area contributed by atoms with Crippen molar-refractivity contribution >= 4 is 10.0 Å². The van der Waals surface area contributed by atoms with Gasteiger partial charge in [-0.15, -0.1) is 0 Å². The van der Waals surface area contributed by atoms with E-state index in [2.05, 4.69) is 10.0 Å². The number of rotatable bonds is 8. The molecule has 0 spiro atoms. The quantitative estimate of drug-likeness (QED) is 0.755. The fourth-order valence-electron chi connectivity index (χ4n) is 2.10. The molecule has 0 aliphatic carbocycles. The second kappa shape index (κ2) is 7.84. The van der Waals surface area contributed by atoms with Crippen molar-refractivity contribution in [3.05, 3.63) is 29.6 Å². The monoisotopic (exact) mass is 317 g/mol. The van der Waals surface area contributed by atoms with E-state index in [4.69, 9.17) is 0 Å². The summed E-state index contributed by atoms with van der Waals surface area (Å²) < 4.78 is 40.9. The Hall–Kier alpha value is -1.02. The number of nitrogens with zero attached hydrogens (tertiary/aromatic N) is 1. The van der Waals surface area contributed by atoms with Crippen molar-refractivity contribution in [3.63, 3.8) is 0 Å². The molecule has 1 aromatic rings. The van der Waals surface area contributed by atoms with E-state index in [-0.39, 0.29) is 10.9 Å². The van der Waals surface area contributed by atoms with Gasteiger partial charge in [0.05, 0.1) is 4.90 Å². The molecule has 0 aliphatic rings. The molecule has 0 heterocycles. The second-order valence-corrected chi connectivity index (χ2v) is 7.00. The average molecular weight is 317 g/mol. The summed E-state index contributed by atoms with van der Waals surface area (Å²) in [6.07, 6.45) is 0. The zero-order valence-corrected chi connectivity index (χ0v) is 13.8. The molecule has 5 nitrogen and oxygen atoms in total. The topological polar surface area (TPSA) is 61.4 Å². The number of sulfonamides is 1. The average Bonchev–Trinajstić information content (AvgIpc) is 2.35. The van der Waals surface area contributed by atoms with Crippen LogP contribution in [0.4, 0.5) is 4.39 Å². The number of halogens is 1. The summed E-state index contributed by atoms with van der Waals surface area (Å²) in [6.45, 7) is 5.36. The number of likely N-dealkylation sites (N-methyl/N-ethyl adjacent to an activating group) is 1. The van der Waals surface area contributed by atoms with Gasteiger partial charge in [-0.05, 0) is 45.3 Å². The van der Waals surface area contributed by atoms with E-state index in [1.54, 1.807) is 6.92 Å². The molecule has 0 saturated carbocycles. The Morgan fingerprint density at radius 2 is 2.00 bits per heavy atom. The molecule has 21 heavy (non-hydrogen) atoms. The van der Waals surface area contributed by atoms with Gasteiger partial charge >= 0.3 is 0 Å². The molecular weight excluding hydrogens is 293 g/mol. The first-order valence-corrected chi connectivity index (χ1v) is 8.40. The van der Waals surface area contributed by atoms with Crippen molar-refractivity contribution in [1.82, 2.24) is 14.9 Å². The van der Waals surface area contributed by atoms with Gasteiger partial charge in [0.2, 0.25) is 10.0 Å². The van der Waals surface area contributed by atoms with Crippen molar-refractivity contribution < 1.29 is 12.8 Å². The van der Waals surface area contributed by atoms with Gasteiger partial charge in [-0.3, -0.25) is 0 Å². The lowest BCUT2D eigenvalue weighted by Crippen LogP contribution is -2.40. The zero-order chi connectivity index (χ0) is 16.0. The van der Waals surface area contributed by atoms with Gasteiger partial charge in [0.1, 0.15) is 5.82 Å². The van der Waals surface area contributed by atoms with Crippen LogP contribution in [0.5, 0.6) is 0 Å². The van der Waals surface area contributed by atoms with Crippen LogP contribution in [0.15, 0.2) is 23.1 Å². The third-order valence-corrected chi connectivity index (χ3v) is 4.55. The maximum absolute atomic E-state index is 13.4. The Kier molecular flexibility index (Phi) is 6.73. The van der Waals surface area contributed by atoms with E-state index in [9.17, 15) is 12.8 Å². The van der Waals surface area contributed by atoms with E-state index >= 15 is 0 Å². The van der Waals surface area contributed by atoms with Gasteiger partial charge in [-0.2, -0.15) is 0 Å². The summed E-state index contributed by atoms with van der Waals surface area (Å²) in [5, 5.41) is 3.06. The van der Waals surface area contributed by atoms with E-state index in [1.807, 2.05) is 25.9 Å². The summed E-state index contributed by atoms with van der Waals surface area (Å²) in [6, 6.07) is 3.58. The predicted molar refractivity (Wildman–Crippen MR) is 82.1 cm³/mol. The standard InChI is InChI=1S/C14H24FN3O2S/c1-5-16-9-12-6-7-13(15)8-14(12)21(19,20)17-11(2)10-18(3)4/h6-8,11,16-17H,5,9-10H2,1-4H3. The molecule has 120 valence electrons. The highest BCUT2D eigenvalue weighted by Crippen LogP contribution is 2.17. The molecule has 0 saturated heterocycles. The lowest BCUT2D eigenvalue weighted by atomic mass is 10.2. The van der Waals surface area contributed by atoms with E-state index < -0.39 is 15.8 Å². The summed E-state index contributed by atoms with van der Waals surface area (Å²) in [7, 11) is -0.0160. The molecule has 7 heteroatoms. The number of hydrogen-bond acceptors (Lipinski definition) is 4. The van der Waals surface area contributed by atoms with Crippen molar-refractivity contribution in [2.75, 3.05) is 27.2 Å². The minimum Gasteiger partial charge on any atom is -0.313 e. The maximum atomic E-state index is 13.4. The first kappa shape index (κ1) is 18.0. The van der Waals surface area contributed by atoms with Crippen molar-refractivity contribution in [2.24, 2.45) is 0 Å². The molecule has 0 amide bonds. The number of hydrogen-bond donors (Lipinski definition) is 2. The molecule has 0 aromatic heterocycles. The molecular formula is C14H24FN3O2S. The summed E-state index contributed by atoms with van der Waals surface area (Å²) in [5.41, 5.74) is 0.558. The molecule has 0 radical (unpaired) electrons. The van der Waals surface area contributed by atoms with Crippen LogP contribution in [0, 0.1) is 5.82 Å². The van der Waals surface area contributed by atoms with Crippen LogP contribution in [-0.2, 0) is 16.6 Å². The first-order chi connectivity index (χ1) is 9.76. The molecule has 0 fully saturated rings. The summed E-state index contributed by atoms with van der Waals surface area (Å²) in [5.74, 6) is -0.559. The van der Waals surface area contributed by atoms with E-state index in [0.29, 0.717) is 25.2 Å². The fraction of sp³-hybridized carbons (Fsp3) is 0.571. The van der Waals surface area contributed by atoms with E-state index in [1.165, 1.54) is 12.1 Å². The minimum atomic E-state index is -3.75. The normalized spacial score (nSPS) is 13.6. The highest BCUT2D eigenvalue weighted by molar-refractivity contribution is 7.89. The lowest BCUT2D eigenvalue weighted by molar-refractivity contribution is 0.370. The van der Waals surface area contributed by atoms with Gasteiger partial charge < -0.3 is 10.2 Å². The van der Waals surface area contributed by atoms with Crippen LogP contribution in [0.25, 0.3) is 0 Å². The molecule has 1 rings (SSSR count). The number of benzene rings is 1. The van der Waals surface area contributed by atoms with Gasteiger partial charge in [0.25, 0.3) is 0 Å². The Labute approximate surface area is 126 Å². The molecule has 1 unspecified atom stereocenters. The van der Waals surface area contributed by atoms with Crippen LogP contribution in [-0.4, -0.2) is 46.5 Å². The van der Waals surface area contributed by atoms with Crippen LogP contribution < -0.4 is 10.0 Å². The molecule has 0 aliphatic heterocycles. The van der Waals surface area contributed by atoms with Gasteiger partial charge in [-0.25, -0.2) is 17.5 Å². The largest absolute Gasteiger partial charge is 0.313 e. The van der Waals surface area contributed by atoms with E-state index in [0.717, 1.165) is 6.07 Å². The molecule has 1 aromatic carbocycles. The molecule has 2 N–H and O–H groups in total. The SMILES string of the molecule is CCNCc1ccc(F)cc1S(=O)(=O)NC(C)CN(C)C. The summed E-state index contributed by atoms with van der Waals surface area (Å²) >= 11 is 0. The third kappa shape index (κ3) is 5.70. The minimum absolute atomic E-state index is 0.00550. The highest BCUT2D eigenvalue weighted by Gasteiger charge is 2.21. The van der Waals surface area contributed by atoms with Crippen molar-refractivity contribution in [3.8, 4) is 0 Å². The summed E-state index contributed by atoms with van der Waals surface area (Å²) in [4.78, 5) is 1.88. The Morgan fingerprint density at radius 1 is 1.33 bits per heavy atom. The predicted octanol–water partition coefficient (Wildman–Crippen LogP) is 1.16. The van der Waals surface area contributed by atoms with Crippen LogP contribution in [0.2, 0.25) is 0 Å². The Balaban J connectivity index is 3.03. The smallest absolute Gasteiger partial charge is 0.241 e. The zero-order valence-electron chi connectivity index (χ0n) is 13.0. The lowest BCUT2D eigenvalue weighted by Gasteiger charge is -2.19.